The highest BCUT2D eigenvalue weighted by atomic mass is 35.5. The summed E-state index contributed by atoms with van der Waals surface area (Å²) in [5.74, 6) is 1.06. The summed E-state index contributed by atoms with van der Waals surface area (Å²) < 4.78 is 36.2. The second-order valence-corrected chi connectivity index (χ2v) is 11.3. The van der Waals surface area contributed by atoms with Crippen LogP contribution in [0.3, 0.4) is 0 Å². The molecule has 1 heterocycles. The minimum atomic E-state index is -3.76. The summed E-state index contributed by atoms with van der Waals surface area (Å²) in [6, 6.07) is 19.8. The van der Waals surface area contributed by atoms with Crippen molar-refractivity contribution in [2.45, 2.75) is 31.2 Å². The number of aromatic nitrogens is 1. The Labute approximate surface area is 207 Å². The first-order valence-corrected chi connectivity index (χ1v) is 13.5. The SMILES string of the molecule is CC(C)c1ccccc1OCCNS(=O)(=O)c1ccc2c(c1)sc(=O)n2Cc1ccccc1Cl. The van der Waals surface area contributed by atoms with Gasteiger partial charge < -0.3 is 4.74 Å². The molecule has 9 heteroatoms. The van der Waals surface area contributed by atoms with Gasteiger partial charge in [0.05, 0.1) is 21.7 Å². The molecule has 0 saturated carbocycles. The zero-order valence-corrected chi connectivity index (χ0v) is 21.2. The van der Waals surface area contributed by atoms with Crippen LogP contribution in [0.4, 0.5) is 0 Å². The van der Waals surface area contributed by atoms with Gasteiger partial charge in [-0.15, -0.1) is 0 Å². The van der Waals surface area contributed by atoms with E-state index in [1.807, 2.05) is 42.5 Å². The second kappa shape index (κ2) is 10.3. The maximum absolute atomic E-state index is 12.8. The number of nitrogens with one attached hydrogen (secondary N) is 1. The van der Waals surface area contributed by atoms with E-state index in [9.17, 15) is 13.2 Å². The van der Waals surface area contributed by atoms with Crippen molar-refractivity contribution in [1.29, 1.82) is 0 Å². The van der Waals surface area contributed by atoms with Crippen molar-refractivity contribution >= 4 is 43.2 Å². The van der Waals surface area contributed by atoms with E-state index in [0.717, 1.165) is 28.2 Å². The van der Waals surface area contributed by atoms with Crippen LogP contribution in [0.15, 0.2) is 76.4 Å². The van der Waals surface area contributed by atoms with Crippen molar-refractivity contribution in [2.24, 2.45) is 0 Å². The van der Waals surface area contributed by atoms with E-state index in [-0.39, 0.29) is 22.9 Å². The Hall–Kier alpha value is -2.65. The molecular formula is C25H25ClN2O4S2. The molecule has 0 aliphatic carbocycles. The zero-order valence-electron chi connectivity index (χ0n) is 18.8. The number of rotatable bonds is 9. The fraction of sp³-hybridized carbons (Fsp3) is 0.240. The molecule has 0 aliphatic rings. The minimum absolute atomic E-state index is 0.105. The third-order valence-electron chi connectivity index (χ3n) is 5.43. The van der Waals surface area contributed by atoms with Gasteiger partial charge in [0, 0.05) is 11.6 Å². The molecule has 0 radical (unpaired) electrons. The van der Waals surface area contributed by atoms with Gasteiger partial charge in [0.2, 0.25) is 10.0 Å². The molecule has 178 valence electrons. The number of fused-ring (bicyclic) bond motifs is 1. The first-order chi connectivity index (χ1) is 16.3. The summed E-state index contributed by atoms with van der Waals surface area (Å²) in [6.07, 6.45) is 0. The monoisotopic (exact) mass is 516 g/mol. The van der Waals surface area contributed by atoms with Crippen LogP contribution in [-0.4, -0.2) is 26.1 Å². The average Bonchev–Trinajstić information content (AvgIpc) is 3.12. The van der Waals surface area contributed by atoms with Gasteiger partial charge in [0.25, 0.3) is 0 Å². The zero-order chi connectivity index (χ0) is 24.3. The number of halogens is 1. The lowest BCUT2D eigenvalue weighted by molar-refractivity contribution is 0.318. The molecule has 0 bridgehead atoms. The summed E-state index contributed by atoms with van der Waals surface area (Å²) in [6.45, 7) is 4.80. The van der Waals surface area contributed by atoms with Crippen LogP contribution in [0, 0.1) is 0 Å². The smallest absolute Gasteiger partial charge is 0.308 e. The highest BCUT2D eigenvalue weighted by Crippen LogP contribution is 2.26. The third kappa shape index (κ3) is 5.36. The van der Waals surface area contributed by atoms with Crippen LogP contribution in [0.1, 0.15) is 30.9 Å². The van der Waals surface area contributed by atoms with Crippen molar-refractivity contribution < 1.29 is 13.2 Å². The van der Waals surface area contributed by atoms with Gasteiger partial charge in [0.1, 0.15) is 12.4 Å². The van der Waals surface area contributed by atoms with Crippen LogP contribution in [0.25, 0.3) is 10.2 Å². The lowest BCUT2D eigenvalue weighted by Crippen LogP contribution is -2.28. The van der Waals surface area contributed by atoms with Gasteiger partial charge in [-0.25, -0.2) is 13.1 Å². The molecule has 4 rings (SSSR count). The lowest BCUT2D eigenvalue weighted by atomic mass is 10.0. The van der Waals surface area contributed by atoms with Gasteiger partial charge in [-0.3, -0.25) is 9.36 Å². The number of nitrogens with zero attached hydrogens (tertiary/aromatic N) is 1. The second-order valence-electron chi connectivity index (χ2n) is 8.11. The number of thiazole rings is 1. The number of hydrogen-bond donors (Lipinski definition) is 1. The molecule has 6 nitrogen and oxygen atoms in total. The number of hydrogen-bond acceptors (Lipinski definition) is 5. The Kier molecular flexibility index (Phi) is 7.42. The number of para-hydroxylation sites is 1. The molecule has 0 saturated heterocycles. The molecule has 1 aromatic heterocycles. The molecule has 0 fully saturated rings. The molecule has 0 aliphatic heterocycles. The third-order valence-corrected chi connectivity index (χ3v) is 8.20. The maximum Gasteiger partial charge on any atom is 0.308 e. The van der Waals surface area contributed by atoms with Crippen LogP contribution in [0.5, 0.6) is 5.75 Å². The van der Waals surface area contributed by atoms with Gasteiger partial charge >= 0.3 is 4.87 Å². The van der Waals surface area contributed by atoms with E-state index < -0.39 is 10.0 Å². The van der Waals surface area contributed by atoms with Crippen LogP contribution >= 0.6 is 22.9 Å². The van der Waals surface area contributed by atoms with E-state index in [1.165, 1.54) is 12.1 Å². The highest BCUT2D eigenvalue weighted by Gasteiger charge is 2.17. The van der Waals surface area contributed by atoms with E-state index in [4.69, 9.17) is 16.3 Å². The lowest BCUT2D eigenvalue weighted by Gasteiger charge is -2.14. The van der Waals surface area contributed by atoms with E-state index in [2.05, 4.69) is 18.6 Å². The van der Waals surface area contributed by atoms with Crippen molar-refractivity contribution in [3.8, 4) is 5.75 Å². The van der Waals surface area contributed by atoms with E-state index in [1.54, 1.807) is 16.7 Å². The standard InChI is InChI=1S/C25H25ClN2O4S2/c1-17(2)20-8-4-6-10-23(20)32-14-13-27-34(30,31)19-11-12-22-24(15-19)33-25(29)28(22)16-18-7-3-5-9-21(18)26/h3-12,15,17,27H,13-14,16H2,1-2H3. The van der Waals surface area contributed by atoms with Crippen LogP contribution in [-0.2, 0) is 16.6 Å². The Morgan fingerprint density at radius 2 is 1.79 bits per heavy atom. The summed E-state index contributed by atoms with van der Waals surface area (Å²) in [7, 11) is -3.76. The van der Waals surface area contributed by atoms with Crippen LogP contribution < -0.4 is 14.3 Å². The fourth-order valence-electron chi connectivity index (χ4n) is 3.67. The minimum Gasteiger partial charge on any atom is -0.492 e. The first kappa shape index (κ1) is 24.5. The van der Waals surface area contributed by atoms with Crippen molar-refractivity contribution in [2.75, 3.05) is 13.2 Å². The van der Waals surface area contributed by atoms with E-state index >= 15 is 0 Å². The molecule has 3 aromatic carbocycles. The fourth-order valence-corrected chi connectivity index (χ4v) is 5.91. The molecule has 0 atom stereocenters. The van der Waals surface area contributed by atoms with Gasteiger partial charge in [-0.05, 0) is 47.4 Å². The average molecular weight is 517 g/mol. The van der Waals surface area contributed by atoms with Gasteiger partial charge in [-0.2, -0.15) is 0 Å². The maximum atomic E-state index is 12.8. The summed E-state index contributed by atoms with van der Waals surface area (Å²) >= 11 is 7.25. The quantitative estimate of drug-likeness (QED) is 0.308. The molecule has 0 amide bonds. The number of sulfonamides is 1. The topological polar surface area (TPSA) is 77.4 Å². The molecular weight excluding hydrogens is 492 g/mol. The Bertz CT molecular complexity index is 1480. The van der Waals surface area contributed by atoms with Gasteiger partial charge in [0.15, 0.2) is 0 Å². The summed E-state index contributed by atoms with van der Waals surface area (Å²) in [5, 5.41) is 0.579. The Morgan fingerprint density at radius 3 is 2.56 bits per heavy atom. The molecule has 0 unspecified atom stereocenters. The first-order valence-electron chi connectivity index (χ1n) is 10.8. The predicted octanol–water partition coefficient (Wildman–Crippen LogP) is 5.25. The van der Waals surface area contributed by atoms with Gasteiger partial charge in [-0.1, -0.05) is 73.2 Å². The number of benzene rings is 3. The van der Waals surface area contributed by atoms with Crippen molar-refractivity contribution in [3.63, 3.8) is 0 Å². The highest BCUT2D eigenvalue weighted by molar-refractivity contribution is 7.89. The molecule has 4 aromatic rings. The molecule has 34 heavy (non-hydrogen) atoms. The number of ether oxygens (including phenoxy) is 1. The summed E-state index contributed by atoms with van der Waals surface area (Å²) in [4.78, 5) is 12.5. The molecule has 1 N–H and O–H groups in total. The Morgan fingerprint density at radius 1 is 1.06 bits per heavy atom. The largest absolute Gasteiger partial charge is 0.492 e. The van der Waals surface area contributed by atoms with Crippen molar-refractivity contribution in [1.82, 2.24) is 9.29 Å². The Balaban J connectivity index is 1.47. The summed E-state index contributed by atoms with van der Waals surface area (Å²) in [5.41, 5.74) is 2.57. The molecule has 0 spiro atoms. The predicted molar refractivity (Wildman–Crippen MR) is 138 cm³/mol. The van der Waals surface area contributed by atoms with Crippen LogP contribution in [0.2, 0.25) is 5.02 Å². The normalized spacial score (nSPS) is 11.9. The van der Waals surface area contributed by atoms with Crippen molar-refractivity contribution in [3.05, 3.63) is 92.5 Å². The van der Waals surface area contributed by atoms with E-state index in [0.29, 0.717) is 27.7 Å².